The van der Waals surface area contributed by atoms with Crippen molar-refractivity contribution in [2.45, 2.75) is 32.0 Å². The van der Waals surface area contributed by atoms with Gasteiger partial charge in [0.2, 0.25) is 0 Å². The molecule has 3 heterocycles. The molecule has 4 rings (SSSR count). The second-order valence-corrected chi connectivity index (χ2v) is 7.54. The number of ketones is 1. The number of para-hydroxylation sites is 1. The summed E-state index contributed by atoms with van der Waals surface area (Å²) >= 11 is 0. The molecule has 0 spiro atoms. The number of aryl methyl sites for hydroxylation is 2. The number of aliphatic hydroxyl groups excluding tert-OH is 1. The smallest absolute Gasteiger partial charge is 0.181 e. The predicted molar refractivity (Wildman–Crippen MR) is 105 cm³/mol. The molecule has 6 heteroatoms. The van der Waals surface area contributed by atoms with Crippen LogP contribution in [-0.2, 0) is 18.4 Å². The zero-order chi connectivity index (χ0) is 19.0. The third-order valence-corrected chi connectivity index (χ3v) is 5.67. The van der Waals surface area contributed by atoms with Gasteiger partial charge in [-0.25, -0.2) is 0 Å². The lowest BCUT2D eigenvalue weighted by molar-refractivity contribution is -0.117. The summed E-state index contributed by atoms with van der Waals surface area (Å²) in [6.07, 6.45) is 4.45. The number of carbonyl (C=O) groups excluding carboxylic acids is 1. The largest absolute Gasteiger partial charge is 0.388 e. The van der Waals surface area contributed by atoms with Crippen LogP contribution < -0.4 is 4.90 Å². The maximum Gasteiger partial charge on any atom is 0.181 e. The third-order valence-electron chi connectivity index (χ3n) is 5.67. The molecule has 1 aromatic heterocycles. The summed E-state index contributed by atoms with van der Waals surface area (Å²) < 4.78 is 1.98. The van der Waals surface area contributed by atoms with E-state index in [-0.39, 0.29) is 5.78 Å². The molecule has 0 saturated carbocycles. The van der Waals surface area contributed by atoms with E-state index in [1.165, 1.54) is 23.9 Å². The van der Waals surface area contributed by atoms with E-state index in [1.54, 1.807) is 0 Å². The average molecular weight is 366 g/mol. The maximum absolute atomic E-state index is 11.4. The number of nitrogens with zero attached hydrogens (tertiary/aromatic N) is 4. The molecule has 27 heavy (non-hydrogen) atoms. The highest BCUT2D eigenvalue weighted by atomic mass is 16.3. The Hall–Kier alpha value is -2.44. The average Bonchev–Trinajstić information content (AvgIpc) is 3.34. The molecule has 2 saturated heterocycles. The first-order valence-electron chi connectivity index (χ1n) is 9.46. The second-order valence-electron chi connectivity index (χ2n) is 7.54. The van der Waals surface area contributed by atoms with Crippen LogP contribution in [0.2, 0.25) is 0 Å². The minimum Gasteiger partial charge on any atom is -0.388 e. The van der Waals surface area contributed by atoms with Gasteiger partial charge in [0.05, 0.1) is 11.4 Å². The van der Waals surface area contributed by atoms with Gasteiger partial charge in [-0.05, 0) is 43.2 Å². The third kappa shape index (κ3) is 3.55. The number of aliphatic hydroxyl groups is 1. The number of fused-ring (bicyclic) bond motifs is 2. The fraction of sp³-hybridized carbons (Fsp3) is 0.429. The van der Waals surface area contributed by atoms with Gasteiger partial charge in [-0.1, -0.05) is 18.2 Å². The number of benzene rings is 1. The van der Waals surface area contributed by atoms with Crippen molar-refractivity contribution in [3.8, 4) is 0 Å². The fourth-order valence-corrected chi connectivity index (χ4v) is 4.38. The Labute approximate surface area is 159 Å². The summed E-state index contributed by atoms with van der Waals surface area (Å²) in [5, 5.41) is 13.4. The maximum atomic E-state index is 11.4. The summed E-state index contributed by atoms with van der Waals surface area (Å²) in [6.45, 7) is 4.57. The minimum atomic E-state index is -0.449. The Morgan fingerprint density at radius 1 is 1.30 bits per heavy atom. The zero-order valence-electron chi connectivity index (χ0n) is 15.9. The highest BCUT2D eigenvalue weighted by molar-refractivity contribution is 5.95. The lowest BCUT2D eigenvalue weighted by atomic mass is 10.1. The molecular weight excluding hydrogens is 340 g/mol. The van der Waals surface area contributed by atoms with E-state index >= 15 is 0 Å². The van der Waals surface area contributed by atoms with E-state index in [0.29, 0.717) is 12.1 Å². The van der Waals surface area contributed by atoms with Crippen LogP contribution in [0.1, 0.15) is 23.4 Å². The lowest BCUT2D eigenvalue weighted by Crippen LogP contribution is -2.46. The van der Waals surface area contributed by atoms with E-state index in [1.807, 2.05) is 42.9 Å². The van der Waals surface area contributed by atoms with Gasteiger partial charge in [-0.15, -0.1) is 0 Å². The monoisotopic (exact) mass is 366 g/mol. The van der Waals surface area contributed by atoms with Crippen molar-refractivity contribution in [3.05, 3.63) is 53.4 Å². The first-order chi connectivity index (χ1) is 13.0. The first kappa shape index (κ1) is 17.9. The van der Waals surface area contributed by atoms with Gasteiger partial charge in [-0.2, -0.15) is 5.10 Å². The topological polar surface area (TPSA) is 61.6 Å². The van der Waals surface area contributed by atoms with Crippen molar-refractivity contribution in [3.63, 3.8) is 0 Å². The number of hydrogen-bond acceptors (Lipinski definition) is 5. The standard InChI is InChI=1S/C21H26N4O2/c1-15-9-17(23(2)22-15)11-24-12-19-10-18(24)13-25(19)21-6-4-3-5-16(21)7-8-20(27)14-26/h3-9,18-19,26H,10-14H2,1-2H3/b8-7+. The van der Waals surface area contributed by atoms with E-state index in [0.717, 1.165) is 30.9 Å². The molecule has 2 bridgehead atoms. The van der Waals surface area contributed by atoms with Crippen molar-refractivity contribution < 1.29 is 9.90 Å². The van der Waals surface area contributed by atoms with Crippen LogP contribution in [0, 0.1) is 6.92 Å². The molecule has 2 aliphatic heterocycles. The van der Waals surface area contributed by atoms with Gasteiger partial charge in [0, 0.05) is 44.5 Å². The fourth-order valence-electron chi connectivity index (χ4n) is 4.38. The van der Waals surface area contributed by atoms with Gasteiger partial charge >= 0.3 is 0 Å². The highest BCUT2D eigenvalue weighted by Crippen LogP contribution is 2.37. The summed E-state index contributed by atoms with van der Waals surface area (Å²) in [5.41, 5.74) is 4.53. The van der Waals surface area contributed by atoms with Crippen LogP contribution in [0.25, 0.3) is 6.08 Å². The van der Waals surface area contributed by atoms with Gasteiger partial charge < -0.3 is 10.0 Å². The number of carbonyl (C=O) groups is 1. The van der Waals surface area contributed by atoms with Crippen molar-refractivity contribution in [1.29, 1.82) is 0 Å². The van der Waals surface area contributed by atoms with Crippen molar-refractivity contribution in [2.24, 2.45) is 7.05 Å². The van der Waals surface area contributed by atoms with Crippen LogP contribution in [0.15, 0.2) is 36.4 Å². The first-order valence-corrected chi connectivity index (χ1v) is 9.46. The number of aromatic nitrogens is 2. The normalized spacial score (nSPS) is 22.3. The van der Waals surface area contributed by atoms with E-state index in [2.05, 4.69) is 27.0 Å². The summed E-state index contributed by atoms with van der Waals surface area (Å²) in [7, 11) is 2.01. The quantitative estimate of drug-likeness (QED) is 0.790. The van der Waals surface area contributed by atoms with Crippen LogP contribution in [-0.4, -0.2) is 57.4 Å². The molecule has 2 aromatic rings. The molecule has 2 aliphatic rings. The Bertz CT molecular complexity index is 873. The van der Waals surface area contributed by atoms with Gasteiger partial charge in [0.1, 0.15) is 6.61 Å². The van der Waals surface area contributed by atoms with Gasteiger partial charge in [0.25, 0.3) is 0 Å². The van der Waals surface area contributed by atoms with Crippen LogP contribution in [0.3, 0.4) is 0 Å². The number of anilines is 1. The van der Waals surface area contributed by atoms with Crippen molar-refractivity contribution >= 4 is 17.5 Å². The minimum absolute atomic E-state index is 0.273. The predicted octanol–water partition coefficient (Wildman–Crippen LogP) is 1.77. The molecule has 0 radical (unpaired) electrons. The van der Waals surface area contributed by atoms with Crippen LogP contribution in [0.5, 0.6) is 0 Å². The Balaban J connectivity index is 1.48. The Morgan fingerprint density at radius 3 is 2.78 bits per heavy atom. The summed E-state index contributed by atoms with van der Waals surface area (Å²) in [6, 6.07) is 11.4. The number of rotatable bonds is 6. The molecule has 1 aromatic carbocycles. The Morgan fingerprint density at radius 2 is 2.11 bits per heavy atom. The number of hydrogen-bond donors (Lipinski definition) is 1. The number of piperazine rings is 1. The van der Waals surface area contributed by atoms with Crippen molar-refractivity contribution in [1.82, 2.24) is 14.7 Å². The molecule has 6 nitrogen and oxygen atoms in total. The molecule has 2 unspecified atom stereocenters. The van der Waals surface area contributed by atoms with Gasteiger partial charge in [-0.3, -0.25) is 14.4 Å². The molecule has 2 fully saturated rings. The highest BCUT2D eigenvalue weighted by Gasteiger charge is 2.43. The summed E-state index contributed by atoms with van der Waals surface area (Å²) in [5.74, 6) is -0.273. The van der Waals surface area contributed by atoms with Crippen LogP contribution in [0.4, 0.5) is 5.69 Å². The summed E-state index contributed by atoms with van der Waals surface area (Å²) in [4.78, 5) is 16.5. The number of likely N-dealkylation sites (tertiary alicyclic amines) is 1. The van der Waals surface area contributed by atoms with Crippen molar-refractivity contribution in [2.75, 3.05) is 24.6 Å². The molecular formula is C21H26N4O2. The lowest BCUT2D eigenvalue weighted by Gasteiger charge is -2.36. The van der Waals surface area contributed by atoms with E-state index < -0.39 is 6.61 Å². The Kier molecular flexibility index (Phi) is 4.85. The molecule has 0 amide bonds. The second kappa shape index (κ2) is 7.29. The molecule has 0 aliphatic carbocycles. The van der Waals surface area contributed by atoms with Crippen LogP contribution >= 0.6 is 0 Å². The SMILES string of the molecule is Cc1cc(CN2CC3CC2CN3c2ccccc2/C=C/C(=O)CO)n(C)n1. The molecule has 1 N–H and O–H groups in total. The molecule has 2 atom stereocenters. The molecule has 142 valence electrons. The van der Waals surface area contributed by atoms with E-state index in [4.69, 9.17) is 5.11 Å². The van der Waals surface area contributed by atoms with E-state index in [9.17, 15) is 4.79 Å². The van der Waals surface area contributed by atoms with Gasteiger partial charge in [0.15, 0.2) is 5.78 Å². The zero-order valence-corrected chi connectivity index (χ0v) is 15.9.